The van der Waals surface area contributed by atoms with Crippen molar-refractivity contribution in [2.24, 2.45) is 11.8 Å². The maximum atomic E-state index is 6.19. The zero-order chi connectivity index (χ0) is 14.0. The Hall–Kier alpha value is -0.490. The molecule has 0 radical (unpaired) electrons. The molecule has 2 unspecified atom stereocenters. The van der Waals surface area contributed by atoms with Crippen molar-refractivity contribution < 1.29 is 4.74 Å². The van der Waals surface area contributed by atoms with E-state index >= 15 is 0 Å². The number of thiazole rings is 1. The summed E-state index contributed by atoms with van der Waals surface area (Å²) in [5.41, 5.74) is 3.17. The molecule has 20 heavy (non-hydrogen) atoms. The van der Waals surface area contributed by atoms with E-state index < -0.39 is 0 Å². The lowest BCUT2D eigenvalue weighted by molar-refractivity contribution is -0.122. The molecule has 1 saturated heterocycles. The van der Waals surface area contributed by atoms with E-state index in [4.69, 9.17) is 10.6 Å². The van der Waals surface area contributed by atoms with E-state index in [1.54, 1.807) is 11.3 Å². The van der Waals surface area contributed by atoms with Gasteiger partial charge in [0.1, 0.15) is 0 Å². The van der Waals surface area contributed by atoms with Crippen molar-refractivity contribution >= 4 is 11.3 Å². The van der Waals surface area contributed by atoms with E-state index in [9.17, 15) is 0 Å². The fraction of sp³-hybridized carbons (Fsp3) is 0.800. The fourth-order valence-corrected chi connectivity index (χ4v) is 4.81. The van der Waals surface area contributed by atoms with Crippen molar-refractivity contribution in [3.05, 3.63) is 16.1 Å². The summed E-state index contributed by atoms with van der Waals surface area (Å²) in [7, 11) is 0. The van der Waals surface area contributed by atoms with Crippen LogP contribution in [0.2, 0.25) is 0 Å². The summed E-state index contributed by atoms with van der Waals surface area (Å²) in [6.07, 6.45) is 10.6. The molecule has 0 amide bonds. The quantitative estimate of drug-likeness (QED) is 0.664. The first-order chi connectivity index (χ1) is 9.72. The number of nitrogens with one attached hydrogen (secondary N) is 1. The number of nitrogens with two attached hydrogens (primary N) is 1. The molecule has 5 heteroatoms. The van der Waals surface area contributed by atoms with E-state index in [1.807, 2.05) is 13.1 Å². The Morgan fingerprint density at radius 1 is 1.45 bits per heavy atom. The van der Waals surface area contributed by atoms with E-state index in [1.165, 1.54) is 37.0 Å². The molecule has 1 aliphatic heterocycles. The molecule has 1 aromatic rings. The topological polar surface area (TPSA) is 60.2 Å². The maximum Gasteiger partial charge on any atom is 0.0897 e. The molecule has 1 spiro atoms. The minimum Gasteiger partial charge on any atom is -0.375 e. The summed E-state index contributed by atoms with van der Waals surface area (Å²) in [5.74, 6) is 6.41. The molecule has 0 bridgehead atoms. The lowest BCUT2D eigenvalue weighted by Gasteiger charge is -2.45. The minimum absolute atomic E-state index is 0.135. The number of hydrazine groups is 1. The van der Waals surface area contributed by atoms with Crippen LogP contribution < -0.4 is 11.3 Å². The normalized spacial score (nSPS) is 27.6. The Morgan fingerprint density at radius 3 is 2.90 bits per heavy atom. The van der Waals surface area contributed by atoms with Gasteiger partial charge in [-0.05, 0) is 38.5 Å². The van der Waals surface area contributed by atoms with Gasteiger partial charge < -0.3 is 4.74 Å². The van der Waals surface area contributed by atoms with Gasteiger partial charge in [0.2, 0.25) is 0 Å². The van der Waals surface area contributed by atoms with Crippen LogP contribution in [0.15, 0.2) is 6.20 Å². The molecule has 112 valence electrons. The van der Waals surface area contributed by atoms with Crippen LogP contribution in [0.4, 0.5) is 0 Å². The fourth-order valence-electron chi connectivity index (χ4n) is 3.87. The van der Waals surface area contributed by atoms with Crippen LogP contribution in [0.1, 0.15) is 60.9 Å². The molecule has 3 N–H and O–H groups in total. The third kappa shape index (κ3) is 2.91. The van der Waals surface area contributed by atoms with Gasteiger partial charge in [-0.3, -0.25) is 11.3 Å². The van der Waals surface area contributed by atoms with Crippen molar-refractivity contribution in [2.45, 2.75) is 63.5 Å². The largest absolute Gasteiger partial charge is 0.375 e. The Labute approximate surface area is 125 Å². The summed E-state index contributed by atoms with van der Waals surface area (Å²) in [4.78, 5) is 5.64. The van der Waals surface area contributed by atoms with Gasteiger partial charge in [0.15, 0.2) is 0 Å². The molecule has 0 aromatic carbocycles. The summed E-state index contributed by atoms with van der Waals surface area (Å²) in [5, 5.41) is 1.11. The second kappa shape index (κ2) is 6.10. The highest BCUT2D eigenvalue weighted by Gasteiger charge is 2.41. The van der Waals surface area contributed by atoms with Crippen molar-refractivity contribution in [1.82, 2.24) is 10.4 Å². The number of hydrogen-bond acceptors (Lipinski definition) is 5. The molecule has 2 aliphatic rings. The lowest BCUT2D eigenvalue weighted by Crippen LogP contribution is -2.45. The maximum absolute atomic E-state index is 6.19. The molecule has 2 fully saturated rings. The minimum atomic E-state index is 0.135. The van der Waals surface area contributed by atoms with Crippen molar-refractivity contribution in [3.63, 3.8) is 0 Å². The molecule has 1 saturated carbocycles. The van der Waals surface area contributed by atoms with E-state index in [2.05, 4.69) is 10.4 Å². The van der Waals surface area contributed by atoms with Gasteiger partial charge in [-0.15, -0.1) is 11.3 Å². The number of hydrogen-bond donors (Lipinski definition) is 2. The summed E-state index contributed by atoms with van der Waals surface area (Å²) < 4.78 is 6.19. The first kappa shape index (κ1) is 14.4. The van der Waals surface area contributed by atoms with E-state index in [0.717, 1.165) is 24.5 Å². The predicted octanol–water partition coefficient (Wildman–Crippen LogP) is 3.09. The van der Waals surface area contributed by atoms with Crippen LogP contribution in [-0.4, -0.2) is 17.2 Å². The molecular formula is C15H25N3OS. The average molecular weight is 295 g/mol. The Balaban J connectivity index is 1.74. The van der Waals surface area contributed by atoms with Crippen LogP contribution >= 0.6 is 11.3 Å². The van der Waals surface area contributed by atoms with Crippen LogP contribution in [0.25, 0.3) is 0 Å². The van der Waals surface area contributed by atoms with Gasteiger partial charge in [-0.25, -0.2) is 4.98 Å². The zero-order valence-electron chi connectivity index (χ0n) is 12.2. The zero-order valence-corrected chi connectivity index (χ0v) is 13.0. The Bertz CT molecular complexity index is 437. The standard InChI is InChI=1S/C15H25N3OS/c1-11-17-10-13(20-11)14(18-16)12-5-8-19-15(9-12)6-3-2-4-7-15/h10,12,14,18H,2-9,16H2,1H3. The van der Waals surface area contributed by atoms with Crippen LogP contribution in [0.5, 0.6) is 0 Å². The van der Waals surface area contributed by atoms with Crippen LogP contribution in [-0.2, 0) is 4.74 Å². The number of nitrogens with zero attached hydrogens (tertiary/aromatic N) is 1. The van der Waals surface area contributed by atoms with Gasteiger partial charge in [0, 0.05) is 17.7 Å². The van der Waals surface area contributed by atoms with Gasteiger partial charge in [-0.2, -0.15) is 0 Å². The van der Waals surface area contributed by atoms with Gasteiger partial charge in [0.25, 0.3) is 0 Å². The molecule has 4 nitrogen and oxygen atoms in total. The summed E-state index contributed by atoms with van der Waals surface area (Å²) >= 11 is 1.75. The summed E-state index contributed by atoms with van der Waals surface area (Å²) in [6.45, 7) is 2.93. The van der Waals surface area contributed by atoms with Crippen LogP contribution in [0, 0.1) is 12.8 Å². The molecular weight excluding hydrogens is 270 g/mol. The Kier molecular flexibility index (Phi) is 4.40. The van der Waals surface area contributed by atoms with E-state index in [0.29, 0.717) is 5.92 Å². The monoisotopic (exact) mass is 295 g/mol. The van der Waals surface area contributed by atoms with Gasteiger partial charge in [0.05, 0.1) is 16.7 Å². The summed E-state index contributed by atoms with van der Waals surface area (Å²) in [6, 6.07) is 0.226. The third-order valence-corrected chi connectivity index (χ3v) is 5.89. The predicted molar refractivity (Wildman–Crippen MR) is 81.4 cm³/mol. The smallest absolute Gasteiger partial charge is 0.0897 e. The van der Waals surface area contributed by atoms with Gasteiger partial charge >= 0.3 is 0 Å². The second-order valence-corrected chi connectivity index (χ2v) is 7.54. The highest BCUT2D eigenvalue weighted by molar-refractivity contribution is 7.11. The lowest BCUT2D eigenvalue weighted by atomic mass is 9.74. The molecule has 1 aromatic heterocycles. The van der Waals surface area contributed by atoms with Crippen molar-refractivity contribution in [1.29, 1.82) is 0 Å². The number of aromatic nitrogens is 1. The molecule has 3 rings (SSSR count). The number of ether oxygens (including phenoxy) is 1. The van der Waals surface area contributed by atoms with Crippen molar-refractivity contribution in [2.75, 3.05) is 6.61 Å². The highest BCUT2D eigenvalue weighted by Crippen LogP contribution is 2.44. The molecule has 1 aliphatic carbocycles. The molecule has 2 heterocycles. The van der Waals surface area contributed by atoms with E-state index in [-0.39, 0.29) is 11.6 Å². The number of rotatable bonds is 3. The first-order valence-electron chi connectivity index (χ1n) is 7.75. The Morgan fingerprint density at radius 2 is 2.25 bits per heavy atom. The van der Waals surface area contributed by atoms with Crippen LogP contribution in [0.3, 0.4) is 0 Å². The molecule has 2 atom stereocenters. The third-order valence-electron chi connectivity index (χ3n) is 4.89. The average Bonchev–Trinajstić information content (AvgIpc) is 2.87. The van der Waals surface area contributed by atoms with Gasteiger partial charge in [-0.1, -0.05) is 19.3 Å². The SMILES string of the molecule is Cc1ncc(C(NN)C2CCOC3(CCCCC3)C2)s1. The first-order valence-corrected chi connectivity index (χ1v) is 8.56. The highest BCUT2D eigenvalue weighted by atomic mass is 32.1. The number of aryl methyl sites for hydroxylation is 1. The van der Waals surface area contributed by atoms with Crippen molar-refractivity contribution in [3.8, 4) is 0 Å². The second-order valence-electron chi connectivity index (χ2n) is 6.27.